The number of carbonyl (C=O) groups is 1. The molecule has 1 heterocycles. The molecule has 1 saturated carbocycles. The van der Waals surface area contributed by atoms with Crippen molar-refractivity contribution in [1.82, 2.24) is 9.62 Å². The minimum Gasteiger partial charge on any atom is -0.389 e. The third-order valence-corrected chi connectivity index (χ3v) is 6.16. The Kier molecular flexibility index (Phi) is 5.15. The van der Waals surface area contributed by atoms with Gasteiger partial charge in [0.05, 0.1) is 23.2 Å². The van der Waals surface area contributed by atoms with Crippen LogP contribution in [0.25, 0.3) is 0 Å². The van der Waals surface area contributed by atoms with E-state index >= 15 is 0 Å². The fourth-order valence-corrected chi connectivity index (χ4v) is 4.30. The van der Waals surface area contributed by atoms with Crippen LogP contribution in [0, 0.1) is 0 Å². The van der Waals surface area contributed by atoms with Gasteiger partial charge < -0.3 is 15.2 Å². The Balaban J connectivity index is 1.70. The highest BCUT2D eigenvalue weighted by atomic mass is 32.2. The van der Waals surface area contributed by atoms with E-state index in [9.17, 15) is 18.3 Å². The Morgan fingerprint density at radius 3 is 2.44 bits per heavy atom. The molecule has 25 heavy (non-hydrogen) atoms. The van der Waals surface area contributed by atoms with Crippen LogP contribution in [0.3, 0.4) is 0 Å². The summed E-state index contributed by atoms with van der Waals surface area (Å²) in [5.74, 6) is -0.187. The van der Waals surface area contributed by atoms with E-state index in [1.807, 2.05) is 13.8 Å². The summed E-state index contributed by atoms with van der Waals surface area (Å²) in [5.41, 5.74) is 0.438. The molecule has 1 saturated heterocycles. The molecule has 1 aliphatic heterocycles. The Labute approximate surface area is 148 Å². The lowest BCUT2D eigenvalue weighted by Gasteiger charge is -2.18. The summed E-state index contributed by atoms with van der Waals surface area (Å²) in [6.07, 6.45) is 0.523. The smallest absolute Gasteiger partial charge is 0.251 e. The number of hydrogen-bond acceptors (Lipinski definition) is 5. The molecule has 1 aliphatic carbocycles. The van der Waals surface area contributed by atoms with Gasteiger partial charge in [0.1, 0.15) is 0 Å². The van der Waals surface area contributed by atoms with Crippen LogP contribution in [0.2, 0.25) is 0 Å². The number of aliphatic hydroxyl groups is 1. The van der Waals surface area contributed by atoms with Crippen molar-refractivity contribution < 1.29 is 23.1 Å². The highest BCUT2D eigenvalue weighted by molar-refractivity contribution is 7.89. The second-order valence-electron chi connectivity index (χ2n) is 6.88. The maximum absolute atomic E-state index is 12.7. The first-order chi connectivity index (χ1) is 11.8. The van der Waals surface area contributed by atoms with Crippen molar-refractivity contribution >= 4 is 15.9 Å². The van der Waals surface area contributed by atoms with Crippen LogP contribution in [0.5, 0.6) is 0 Å². The topological polar surface area (TPSA) is 95.9 Å². The maximum atomic E-state index is 12.7. The lowest BCUT2D eigenvalue weighted by Crippen LogP contribution is -2.31. The number of nitrogens with zero attached hydrogens (tertiary/aromatic N) is 1. The van der Waals surface area contributed by atoms with Gasteiger partial charge >= 0.3 is 0 Å². The zero-order valence-electron chi connectivity index (χ0n) is 14.4. The highest BCUT2D eigenvalue weighted by Crippen LogP contribution is 2.24. The van der Waals surface area contributed by atoms with Gasteiger partial charge in [0.15, 0.2) is 0 Å². The molecular formula is C17H24N2O5S. The second kappa shape index (κ2) is 7.03. The molecule has 1 aromatic rings. The second-order valence-corrected chi connectivity index (χ2v) is 8.82. The molecule has 1 amide bonds. The van der Waals surface area contributed by atoms with Gasteiger partial charge in [0.25, 0.3) is 5.91 Å². The van der Waals surface area contributed by atoms with Crippen LogP contribution in [0.15, 0.2) is 29.2 Å². The number of hydrogen-bond donors (Lipinski definition) is 2. The summed E-state index contributed by atoms with van der Waals surface area (Å²) in [7, 11) is -3.73. The van der Waals surface area contributed by atoms with Gasteiger partial charge in [-0.2, -0.15) is 4.31 Å². The van der Waals surface area contributed by atoms with Gasteiger partial charge in [0.2, 0.25) is 10.0 Å². The van der Waals surface area contributed by atoms with Gasteiger partial charge in [-0.25, -0.2) is 8.42 Å². The zero-order chi connectivity index (χ0) is 18.2. The van der Waals surface area contributed by atoms with E-state index in [-0.39, 0.29) is 36.0 Å². The quantitative estimate of drug-likeness (QED) is 0.772. The first-order valence-electron chi connectivity index (χ1n) is 8.52. The Morgan fingerprint density at radius 1 is 1.24 bits per heavy atom. The van der Waals surface area contributed by atoms with Crippen molar-refractivity contribution in [3.05, 3.63) is 29.8 Å². The minimum atomic E-state index is -3.73. The van der Waals surface area contributed by atoms with Crippen molar-refractivity contribution in [2.75, 3.05) is 13.1 Å². The molecule has 3 rings (SSSR count). The molecule has 8 heteroatoms. The van der Waals surface area contributed by atoms with Gasteiger partial charge in [0, 0.05) is 24.7 Å². The summed E-state index contributed by atoms with van der Waals surface area (Å²) in [6.45, 7) is 3.81. The van der Waals surface area contributed by atoms with Crippen LogP contribution < -0.4 is 5.32 Å². The van der Waals surface area contributed by atoms with E-state index in [2.05, 4.69) is 5.32 Å². The summed E-state index contributed by atoms with van der Waals surface area (Å²) in [5, 5.41) is 12.9. The predicted octanol–water partition coefficient (Wildman–Crippen LogP) is 0.738. The molecule has 7 nitrogen and oxygen atoms in total. The van der Waals surface area contributed by atoms with Crippen molar-refractivity contribution in [2.45, 2.75) is 55.9 Å². The van der Waals surface area contributed by atoms with Crippen molar-refractivity contribution in [2.24, 2.45) is 0 Å². The fourth-order valence-electron chi connectivity index (χ4n) is 2.83. The summed E-state index contributed by atoms with van der Waals surface area (Å²) < 4.78 is 32.3. The average Bonchev–Trinajstić information content (AvgIpc) is 3.29. The van der Waals surface area contributed by atoms with Crippen LogP contribution in [-0.2, 0) is 14.8 Å². The number of amides is 1. The maximum Gasteiger partial charge on any atom is 0.251 e. The number of rotatable bonds is 6. The molecule has 0 unspecified atom stereocenters. The SMILES string of the molecule is CC(C)O[C@@H]1CN(S(=O)(=O)c2ccc(C(=O)NC3CC3)cc2)C[C@H]1O. The zero-order valence-corrected chi connectivity index (χ0v) is 15.2. The minimum absolute atomic E-state index is 0.00361. The fraction of sp³-hybridized carbons (Fsp3) is 0.588. The van der Waals surface area contributed by atoms with Crippen LogP contribution in [-0.4, -0.2) is 61.2 Å². The van der Waals surface area contributed by atoms with Crippen molar-refractivity contribution in [1.29, 1.82) is 0 Å². The Morgan fingerprint density at radius 2 is 1.88 bits per heavy atom. The summed E-state index contributed by atoms with van der Waals surface area (Å²) in [4.78, 5) is 12.1. The van der Waals surface area contributed by atoms with E-state index in [4.69, 9.17) is 4.74 Å². The molecule has 2 N–H and O–H groups in total. The monoisotopic (exact) mass is 368 g/mol. The van der Waals surface area contributed by atoms with Gasteiger partial charge in [-0.3, -0.25) is 4.79 Å². The number of benzene rings is 1. The van der Waals surface area contributed by atoms with E-state index in [1.54, 1.807) is 0 Å². The van der Waals surface area contributed by atoms with Gasteiger partial charge in [-0.1, -0.05) is 0 Å². The van der Waals surface area contributed by atoms with Crippen LogP contribution in [0.1, 0.15) is 37.0 Å². The molecule has 0 radical (unpaired) electrons. The number of ether oxygens (including phenoxy) is 1. The molecule has 2 fully saturated rings. The third kappa shape index (κ3) is 4.20. The van der Waals surface area contributed by atoms with E-state index in [0.29, 0.717) is 5.56 Å². The van der Waals surface area contributed by atoms with Gasteiger partial charge in [-0.15, -0.1) is 0 Å². The Hall–Kier alpha value is -1.48. The first-order valence-corrected chi connectivity index (χ1v) is 9.96. The van der Waals surface area contributed by atoms with Crippen molar-refractivity contribution in [3.63, 3.8) is 0 Å². The number of β-amino-alcohol motifs (C(OH)–C–C–N with tert-alkyl or cyclic N) is 1. The predicted molar refractivity (Wildman–Crippen MR) is 91.7 cm³/mol. The number of sulfonamides is 1. The Bertz CT molecular complexity index is 728. The van der Waals surface area contributed by atoms with E-state index in [1.165, 1.54) is 28.6 Å². The molecule has 138 valence electrons. The summed E-state index contributed by atoms with van der Waals surface area (Å²) >= 11 is 0. The molecule has 1 aromatic carbocycles. The molecule has 0 spiro atoms. The van der Waals surface area contributed by atoms with Gasteiger partial charge in [-0.05, 0) is 51.0 Å². The molecule has 0 bridgehead atoms. The van der Waals surface area contributed by atoms with Crippen LogP contribution >= 0.6 is 0 Å². The lowest BCUT2D eigenvalue weighted by atomic mass is 10.2. The number of nitrogens with one attached hydrogen (secondary N) is 1. The first kappa shape index (κ1) is 18.3. The van der Waals surface area contributed by atoms with E-state index in [0.717, 1.165) is 12.8 Å². The highest BCUT2D eigenvalue weighted by Gasteiger charge is 2.39. The summed E-state index contributed by atoms with van der Waals surface area (Å²) in [6, 6.07) is 6.14. The largest absolute Gasteiger partial charge is 0.389 e. The normalized spacial score (nSPS) is 24.6. The number of carbonyl (C=O) groups excluding carboxylic acids is 1. The number of aliphatic hydroxyl groups excluding tert-OH is 1. The molecular weight excluding hydrogens is 344 g/mol. The molecule has 0 aromatic heterocycles. The average molecular weight is 368 g/mol. The standard InChI is InChI=1S/C17H24N2O5S/c1-11(2)24-16-10-19(9-15(16)20)25(22,23)14-7-3-12(4-8-14)17(21)18-13-5-6-13/h3-4,7-8,11,13,15-16,20H,5-6,9-10H2,1-2H3,(H,18,21)/t15-,16-/m1/s1. The van der Waals surface area contributed by atoms with Crippen molar-refractivity contribution in [3.8, 4) is 0 Å². The molecule has 2 atom stereocenters. The lowest BCUT2D eigenvalue weighted by molar-refractivity contribution is -0.0391. The third-order valence-electron chi connectivity index (χ3n) is 4.32. The van der Waals surface area contributed by atoms with E-state index < -0.39 is 22.2 Å². The van der Waals surface area contributed by atoms with Crippen LogP contribution in [0.4, 0.5) is 0 Å². The molecule has 2 aliphatic rings.